The Kier molecular flexibility index (Phi) is 4.94. The number of likely N-dealkylation sites (tertiary alicyclic amines) is 1. The second-order valence-electron chi connectivity index (χ2n) is 4.15. The number of nitrogens with two attached hydrogens (primary N) is 1. The Labute approximate surface area is 86.6 Å². The van der Waals surface area contributed by atoms with Gasteiger partial charge in [-0.2, -0.15) is 0 Å². The lowest BCUT2D eigenvalue weighted by molar-refractivity contribution is -0.132. The smallest absolute Gasteiger partial charge is 0.222 e. The Bertz CT molecular complexity index is 174. The second-order valence-corrected chi connectivity index (χ2v) is 4.15. The summed E-state index contributed by atoms with van der Waals surface area (Å²) in [6, 6.07) is 0. The summed E-state index contributed by atoms with van der Waals surface area (Å²) in [6.45, 7) is 4.74. The fourth-order valence-electron chi connectivity index (χ4n) is 2.08. The monoisotopic (exact) mass is 198 g/mol. The minimum Gasteiger partial charge on any atom is -0.343 e. The van der Waals surface area contributed by atoms with Crippen LogP contribution < -0.4 is 5.73 Å². The van der Waals surface area contributed by atoms with Crippen molar-refractivity contribution in [2.45, 2.75) is 39.0 Å². The number of carbonyl (C=O) groups excluding carboxylic acids is 1. The fraction of sp³-hybridized carbons (Fsp3) is 0.909. The summed E-state index contributed by atoms with van der Waals surface area (Å²) in [5.41, 5.74) is 5.52. The zero-order valence-corrected chi connectivity index (χ0v) is 9.17. The molecule has 1 heterocycles. The highest BCUT2D eigenvalue weighted by Gasteiger charge is 2.21. The normalized spacial score (nSPS) is 18.6. The molecule has 0 aromatic rings. The molecule has 0 radical (unpaired) electrons. The fourth-order valence-corrected chi connectivity index (χ4v) is 2.08. The van der Waals surface area contributed by atoms with E-state index >= 15 is 0 Å². The molecule has 0 aliphatic carbocycles. The standard InChI is InChI=1S/C11H22N2O/c1-2-3-11(14)13-8-5-10(4-7-12)6-9-13/h10H,2-9,12H2,1H3. The van der Waals surface area contributed by atoms with E-state index in [-0.39, 0.29) is 0 Å². The van der Waals surface area contributed by atoms with Gasteiger partial charge in [-0.1, -0.05) is 6.92 Å². The third-order valence-electron chi connectivity index (χ3n) is 3.01. The Balaban J connectivity index is 2.24. The molecule has 3 heteroatoms. The van der Waals surface area contributed by atoms with Crippen LogP contribution in [-0.2, 0) is 4.79 Å². The number of rotatable bonds is 4. The van der Waals surface area contributed by atoms with Crippen LogP contribution in [0.4, 0.5) is 0 Å². The molecule has 1 aliphatic heterocycles. The van der Waals surface area contributed by atoms with Crippen LogP contribution in [0.15, 0.2) is 0 Å². The van der Waals surface area contributed by atoms with E-state index in [0.29, 0.717) is 12.3 Å². The summed E-state index contributed by atoms with van der Waals surface area (Å²) in [7, 11) is 0. The molecule has 0 aromatic carbocycles. The summed E-state index contributed by atoms with van der Waals surface area (Å²) in [4.78, 5) is 13.6. The van der Waals surface area contributed by atoms with Crippen LogP contribution in [0.25, 0.3) is 0 Å². The van der Waals surface area contributed by atoms with E-state index in [9.17, 15) is 4.79 Å². The molecule has 0 atom stereocenters. The quantitative estimate of drug-likeness (QED) is 0.741. The van der Waals surface area contributed by atoms with Gasteiger partial charge in [0.1, 0.15) is 0 Å². The maximum atomic E-state index is 11.6. The van der Waals surface area contributed by atoms with E-state index in [1.54, 1.807) is 0 Å². The molecule has 82 valence electrons. The minimum atomic E-state index is 0.332. The molecule has 1 aliphatic rings. The number of hydrogen-bond donors (Lipinski definition) is 1. The number of hydrogen-bond acceptors (Lipinski definition) is 2. The summed E-state index contributed by atoms with van der Waals surface area (Å²) < 4.78 is 0. The van der Waals surface area contributed by atoms with Gasteiger partial charge >= 0.3 is 0 Å². The first kappa shape index (κ1) is 11.5. The molecule has 0 aromatic heterocycles. The Morgan fingerprint density at radius 1 is 1.43 bits per heavy atom. The van der Waals surface area contributed by atoms with Crippen molar-refractivity contribution >= 4 is 5.91 Å². The van der Waals surface area contributed by atoms with Crippen molar-refractivity contribution in [3.8, 4) is 0 Å². The van der Waals surface area contributed by atoms with Crippen molar-refractivity contribution in [2.75, 3.05) is 19.6 Å². The molecule has 1 saturated heterocycles. The molecular weight excluding hydrogens is 176 g/mol. The zero-order chi connectivity index (χ0) is 10.4. The Hall–Kier alpha value is -0.570. The summed E-state index contributed by atoms with van der Waals surface area (Å²) in [5.74, 6) is 1.09. The number of amides is 1. The molecule has 0 saturated carbocycles. The molecule has 2 N–H and O–H groups in total. The van der Waals surface area contributed by atoms with Crippen molar-refractivity contribution < 1.29 is 4.79 Å². The van der Waals surface area contributed by atoms with E-state index < -0.39 is 0 Å². The Morgan fingerprint density at radius 3 is 2.57 bits per heavy atom. The predicted octanol–water partition coefficient (Wildman–Crippen LogP) is 1.37. The molecule has 1 fully saturated rings. The molecule has 14 heavy (non-hydrogen) atoms. The van der Waals surface area contributed by atoms with E-state index in [4.69, 9.17) is 5.73 Å². The molecule has 0 unspecified atom stereocenters. The first-order valence-electron chi connectivity index (χ1n) is 5.75. The predicted molar refractivity (Wildman–Crippen MR) is 57.9 cm³/mol. The first-order valence-corrected chi connectivity index (χ1v) is 5.75. The van der Waals surface area contributed by atoms with E-state index in [0.717, 1.165) is 51.2 Å². The molecule has 1 amide bonds. The third kappa shape index (κ3) is 3.29. The average Bonchev–Trinajstić information content (AvgIpc) is 2.20. The highest BCUT2D eigenvalue weighted by atomic mass is 16.2. The number of nitrogens with zero attached hydrogens (tertiary/aromatic N) is 1. The number of piperidine rings is 1. The summed E-state index contributed by atoms with van der Waals surface area (Å²) >= 11 is 0. The lowest BCUT2D eigenvalue weighted by Crippen LogP contribution is -2.38. The third-order valence-corrected chi connectivity index (χ3v) is 3.01. The van der Waals surface area contributed by atoms with Gasteiger partial charge in [-0.25, -0.2) is 0 Å². The van der Waals surface area contributed by atoms with Crippen molar-refractivity contribution in [2.24, 2.45) is 11.7 Å². The SMILES string of the molecule is CCCC(=O)N1CCC(CCN)CC1. The van der Waals surface area contributed by atoms with Gasteiger partial charge in [0.15, 0.2) is 0 Å². The van der Waals surface area contributed by atoms with Gasteiger partial charge in [0.25, 0.3) is 0 Å². The van der Waals surface area contributed by atoms with Crippen molar-refractivity contribution in [1.29, 1.82) is 0 Å². The van der Waals surface area contributed by atoms with Crippen LogP contribution in [0, 0.1) is 5.92 Å². The molecule has 1 rings (SSSR count). The molecular formula is C11H22N2O. The van der Waals surface area contributed by atoms with Crippen LogP contribution in [0.2, 0.25) is 0 Å². The lowest BCUT2D eigenvalue weighted by atomic mass is 9.93. The van der Waals surface area contributed by atoms with Crippen LogP contribution in [0.1, 0.15) is 39.0 Å². The molecule has 0 bridgehead atoms. The van der Waals surface area contributed by atoms with Crippen molar-refractivity contribution in [3.63, 3.8) is 0 Å². The highest BCUT2D eigenvalue weighted by Crippen LogP contribution is 2.20. The maximum absolute atomic E-state index is 11.6. The number of carbonyl (C=O) groups is 1. The van der Waals surface area contributed by atoms with Gasteiger partial charge in [-0.15, -0.1) is 0 Å². The van der Waals surface area contributed by atoms with E-state index in [1.807, 2.05) is 4.90 Å². The summed E-state index contributed by atoms with van der Waals surface area (Å²) in [5, 5.41) is 0. The van der Waals surface area contributed by atoms with Crippen LogP contribution in [-0.4, -0.2) is 30.4 Å². The largest absolute Gasteiger partial charge is 0.343 e. The van der Waals surface area contributed by atoms with Gasteiger partial charge in [0, 0.05) is 19.5 Å². The maximum Gasteiger partial charge on any atom is 0.222 e. The highest BCUT2D eigenvalue weighted by molar-refractivity contribution is 5.76. The van der Waals surface area contributed by atoms with Crippen molar-refractivity contribution in [1.82, 2.24) is 4.90 Å². The van der Waals surface area contributed by atoms with E-state index in [1.165, 1.54) is 0 Å². The van der Waals surface area contributed by atoms with Gasteiger partial charge in [0.05, 0.1) is 0 Å². The lowest BCUT2D eigenvalue weighted by Gasteiger charge is -2.31. The summed E-state index contributed by atoms with van der Waals surface area (Å²) in [6.07, 6.45) is 5.08. The zero-order valence-electron chi connectivity index (χ0n) is 9.17. The average molecular weight is 198 g/mol. The minimum absolute atomic E-state index is 0.332. The van der Waals surface area contributed by atoms with E-state index in [2.05, 4.69) is 6.92 Å². The second kappa shape index (κ2) is 6.02. The molecule has 3 nitrogen and oxygen atoms in total. The van der Waals surface area contributed by atoms with Gasteiger partial charge in [-0.3, -0.25) is 4.79 Å². The van der Waals surface area contributed by atoms with Crippen LogP contribution in [0.5, 0.6) is 0 Å². The van der Waals surface area contributed by atoms with Gasteiger partial charge < -0.3 is 10.6 Å². The first-order chi connectivity index (χ1) is 6.77. The Morgan fingerprint density at radius 2 is 2.07 bits per heavy atom. The topological polar surface area (TPSA) is 46.3 Å². The van der Waals surface area contributed by atoms with Crippen LogP contribution >= 0.6 is 0 Å². The molecule has 0 spiro atoms. The van der Waals surface area contributed by atoms with Gasteiger partial charge in [-0.05, 0) is 38.1 Å². The van der Waals surface area contributed by atoms with Crippen LogP contribution in [0.3, 0.4) is 0 Å². The van der Waals surface area contributed by atoms with Gasteiger partial charge in [0.2, 0.25) is 5.91 Å². The van der Waals surface area contributed by atoms with Crippen molar-refractivity contribution in [3.05, 3.63) is 0 Å².